The molecule has 0 spiro atoms. The average molecular weight is 270 g/mol. The van der Waals surface area contributed by atoms with Crippen LogP contribution in [0.3, 0.4) is 0 Å². The van der Waals surface area contributed by atoms with Crippen molar-refractivity contribution >= 4 is 11.0 Å². The number of benzene rings is 2. The van der Waals surface area contributed by atoms with Gasteiger partial charge in [0.15, 0.2) is 0 Å². The van der Waals surface area contributed by atoms with Crippen molar-refractivity contribution in [2.24, 2.45) is 0 Å². The van der Waals surface area contributed by atoms with Crippen LogP contribution in [0, 0.1) is 0 Å². The quantitative estimate of drug-likeness (QED) is 0.591. The molecule has 3 rings (SSSR count). The standard InChI is InChI=1S/C15H10O5/c16-8-5-12(18)15-10(7-14(19)20-13(15)6-8)9-3-1-2-4-11(9)17/h1-7,16-18H. The Hall–Kier alpha value is -2.95. The maximum Gasteiger partial charge on any atom is 0.336 e. The molecule has 0 radical (unpaired) electrons. The first-order valence-corrected chi connectivity index (χ1v) is 5.84. The molecule has 1 heterocycles. The van der Waals surface area contributed by atoms with Crippen molar-refractivity contribution in [2.45, 2.75) is 0 Å². The molecule has 100 valence electrons. The van der Waals surface area contributed by atoms with E-state index < -0.39 is 5.63 Å². The molecule has 0 aliphatic heterocycles. The SMILES string of the molecule is O=c1cc(-c2ccccc2O)c2c(O)cc(O)cc2o1. The van der Waals surface area contributed by atoms with Gasteiger partial charge in [0, 0.05) is 29.3 Å². The monoisotopic (exact) mass is 270 g/mol. The summed E-state index contributed by atoms with van der Waals surface area (Å²) in [5.74, 6) is -0.471. The Kier molecular flexibility index (Phi) is 2.61. The Balaban J connectivity index is 2.48. The number of rotatable bonds is 1. The molecule has 3 N–H and O–H groups in total. The van der Waals surface area contributed by atoms with Crippen LogP contribution in [0.5, 0.6) is 17.2 Å². The molecule has 0 fully saturated rings. The van der Waals surface area contributed by atoms with Crippen molar-refractivity contribution in [2.75, 3.05) is 0 Å². The summed E-state index contributed by atoms with van der Waals surface area (Å²) >= 11 is 0. The maximum atomic E-state index is 11.6. The molecule has 20 heavy (non-hydrogen) atoms. The van der Waals surface area contributed by atoms with Crippen molar-refractivity contribution in [3.8, 4) is 28.4 Å². The van der Waals surface area contributed by atoms with Gasteiger partial charge in [-0.15, -0.1) is 0 Å². The van der Waals surface area contributed by atoms with Crippen LogP contribution in [0.2, 0.25) is 0 Å². The van der Waals surface area contributed by atoms with Gasteiger partial charge in [0.25, 0.3) is 0 Å². The van der Waals surface area contributed by atoms with Crippen molar-refractivity contribution in [3.63, 3.8) is 0 Å². The molecule has 2 aromatic carbocycles. The Morgan fingerprint density at radius 2 is 1.60 bits per heavy atom. The molecule has 0 atom stereocenters. The molecule has 1 aromatic heterocycles. The van der Waals surface area contributed by atoms with Crippen molar-refractivity contribution in [1.29, 1.82) is 0 Å². The first kappa shape index (κ1) is 12.1. The van der Waals surface area contributed by atoms with Crippen molar-refractivity contribution in [1.82, 2.24) is 0 Å². The van der Waals surface area contributed by atoms with Crippen molar-refractivity contribution < 1.29 is 19.7 Å². The number of phenols is 3. The molecule has 0 aliphatic rings. The summed E-state index contributed by atoms with van der Waals surface area (Å²) in [7, 11) is 0. The largest absolute Gasteiger partial charge is 0.508 e. The van der Waals surface area contributed by atoms with Gasteiger partial charge in [0.1, 0.15) is 22.8 Å². The fourth-order valence-corrected chi connectivity index (χ4v) is 2.18. The molecule has 0 aliphatic carbocycles. The van der Waals surface area contributed by atoms with Gasteiger partial charge in [-0.1, -0.05) is 18.2 Å². The van der Waals surface area contributed by atoms with Gasteiger partial charge >= 0.3 is 5.63 Å². The molecule has 5 nitrogen and oxygen atoms in total. The average Bonchev–Trinajstić information content (AvgIpc) is 2.37. The summed E-state index contributed by atoms with van der Waals surface area (Å²) in [6.07, 6.45) is 0. The normalized spacial score (nSPS) is 10.8. The number of para-hydroxylation sites is 1. The minimum absolute atomic E-state index is 0.0214. The third-order valence-corrected chi connectivity index (χ3v) is 3.00. The third kappa shape index (κ3) is 1.85. The number of fused-ring (bicyclic) bond motifs is 1. The van der Waals surface area contributed by atoms with Crippen LogP contribution in [-0.2, 0) is 0 Å². The van der Waals surface area contributed by atoms with Crippen LogP contribution in [0.25, 0.3) is 22.1 Å². The van der Waals surface area contributed by atoms with E-state index in [1.807, 2.05) is 0 Å². The second-order valence-electron chi connectivity index (χ2n) is 4.33. The Morgan fingerprint density at radius 1 is 0.850 bits per heavy atom. The van der Waals surface area contributed by atoms with Gasteiger partial charge in [-0.05, 0) is 6.07 Å². The molecule has 0 saturated heterocycles. The predicted octanol–water partition coefficient (Wildman–Crippen LogP) is 2.58. The van der Waals surface area contributed by atoms with Crippen molar-refractivity contribution in [3.05, 3.63) is 52.9 Å². The summed E-state index contributed by atoms with van der Waals surface area (Å²) in [6, 6.07) is 10.0. The zero-order chi connectivity index (χ0) is 14.3. The summed E-state index contributed by atoms with van der Waals surface area (Å²) in [4.78, 5) is 11.6. The van der Waals surface area contributed by atoms with Gasteiger partial charge in [0.2, 0.25) is 0 Å². The van der Waals surface area contributed by atoms with E-state index in [0.717, 1.165) is 6.07 Å². The molecule has 5 heteroatoms. The van der Waals surface area contributed by atoms with Gasteiger partial charge in [-0.2, -0.15) is 0 Å². The van der Waals surface area contributed by atoms with E-state index in [9.17, 15) is 20.1 Å². The first-order valence-electron chi connectivity index (χ1n) is 5.84. The number of hydrogen-bond acceptors (Lipinski definition) is 5. The Labute approximate surface area is 113 Å². The highest BCUT2D eigenvalue weighted by Gasteiger charge is 2.15. The summed E-state index contributed by atoms with van der Waals surface area (Å²) in [6.45, 7) is 0. The van der Waals surface area contributed by atoms with Crippen LogP contribution in [0.1, 0.15) is 0 Å². The first-order chi connectivity index (χ1) is 9.56. The smallest absolute Gasteiger partial charge is 0.336 e. The van der Waals surface area contributed by atoms with Gasteiger partial charge in [0.05, 0.1) is 5.39 Å². The number of hydrogen-bond donors (Lipinski definition) is 3. The zero-order valence-electron chi connectivity index (χ0n) is 10.2. The molecule has 0 unspecified atom stereocenters. The minimum Gasteiger partial charge on any atom is -0.508 e. The van der Waals surface area contributed by atoms with E-state index in [0.29, 0.717) is 11.1 Å². The van der Waals surface area contributed by atoms with Gasteiger partial charge in [-0.3, -0.25) is 0 Å². The van der Waals surface area contributed by atoms with E-state index in [1.165, 1.54) is 18.2 Å². The van der Waals surface area contributed by atoms with E-state index in [4.69, 9.17) is 4.42 Å². The lowest BCUT2D eigenvalue weighted by atomic mass is 10.0. The van der Waals surface area contributed by atoms with Gasteiger partial charge < -0.3 is 19.7 Å². The zero-order valence-corrected chi connectivity index (χ0v) is 10.2. The lowest BCUT2D eigenvalue weighted by molar-refractivity contribution is 0.451. The van der Waals surface area contributed by atoms with Crippen LogP contribution in [0.4, 0.5) is 0 Å². The lowest BCUT2D eigenvalue weighted by Gasteiger charge is -2.09. The fourth-order valence-electron chi connectivity index (χ4n) is 2.18. The van der Waals surface area contributed by atoms with E-state index in [-0.39, 0.29) is 28.2 Å². The van der Waals surface area contributed by atoms with E-state index in [2.05, 4.69) is 0 Å². The number of phenolic OH excluding ortho intramolecular Hbond substituents is 3. The van der Waals surface area contributed by atoms with E-state index >= 15 is 0 Å². The third-order valence-electron chi connectivity index (χ3n) is 3.00. The second-order valence-corrected chi connectivity index (χ2v) is 4.33. The lowest BCUT2D eigenvalue weighted by Crippen LogP contribution is -1.98. The molecular formula is C15H10O5. The Morgan fingerprint density at radius 3 is 2.35 bits per heavy atom. The highest BCUT2D eigenvalue weighted by Crippen LogP contribution is 2.39. The van der Waals surface area contributed by atoms with Crippen LogP contribution in [0.15, 0.2) is 51.7 Å². The van der Waals surface area contributed by atoms with Crippen LogP contribution < -0.4 is 5.63 Å². The molecule has 0 saturated carbocycles. The summed E-state index contributed by atoms with van der Waals surface area (Å²) in [5.41, 5.74) is 0.146. The van der Waals surface area contributed by atoms with Crippen LogP contribution in [-0.4, -0.2) is 15.3 Å². The maximum absolute atomic E-state index is 11.6. The van der Waals surface area contributed by atoms with Gasteiger partial charge in [-0.25, -0.2) is 4.79 Å². The van der Waals surface area contributed by atoms with Crippen LogP contribution >= 0.6 is 0 Å². The summed E-state index contributed by atoms with van der Waals surface area (Å²) < 4.78 is 4.97. The minimum atomic E-state index is -0.638. The summed E-state index contributed by atoms with van der Waals surface area (Å²) in [5, 5.41) is 29.6. The molecular weight excluding hydrogens is 260 g/mol. The fraction of sp³-hybridized carbons (Fsp3) is 0. The second kappa shape index (κ2) is 4.31. The topological polar surface area (TPSA) is 90.9 Å². The molecule has 3 aromatic rings. The van der Waals surface area contributed by atoms with E-state index in [1.54, 1.807) is 18.2 Å². The highest BCUT2D eigenvalue weighted by molar-refractivity contribution is 5.99. The predicted molar refractivity (Wildman–Crippen MR) is 72.9 cm³/mol. The highest BCUT2D eigenvalue weighted by atomic mass is 16.4. The molecule has 0 amide bonds. The Bertz CT molecular complexity index is 864. The number of aromatic hydroxyl groups is 3. The molecule has 0 bridgehead atoms.